The molecule has 0 unspecified atom stereocenters. The molecule has 1 heterocycles. The maximum Gasteiger partial charge on any atom is 0.254 e. The van der Waals surface area contributed by atoms with Gasteiger partial charge >= 0.3 is 0 Å². The van der Waals surface area contributed by atoms with E-state index in [0.717, 1.165) is 0 Å². The second-order valence-corrected chi connectivity index (χ2v) is 6.51. The van der Waals surface area contributed by atoms with Crippen molar-refractivity contribution in [1.82, 2.24) is 9.80 Å². The Morgan fingerprint density at radius 1 is 0.759 bits per heavy atom. The third-order valence-electron chi connectivity index (χ3n) is 4.86. The predicted molar refractivity (Wildman–Crippen MR) is 104 cm³/mol. The van der Waals surface area contributed by atoms with Gasteiger partial charge in [0, 0.05) is 37.3 Å². The first-order chi connectivity index (χ1) is 14.0. The average molecular weight is 402 g/mol. The highest BCUT2D eigenvalue weighted by molar-refractivity contribution is 5.96. The Labute approximate surface area is 168 Å². The summed E-state index contributed by atoms with van der Waals surface area (Å²) in [6, 6.07) is 8.67. The summed E-state index contributed by atoms with van der Waals surface area (Å²) in [5.41, 5.74) is 0.841. The van der Waals surface area contributed by atoms with E-state index >= 15 is 0 Å². The standard InChI is InChI=1S/C21H23FN2O5/c1-27-17-12-15(13-18(28-2)19(17)29-3)21(26)24-10-8-23(9-11-24)20(25)14-4-6-16(22)7-5-14/h4-7,12-13H,8-11H2,1-3H3. The van der Waals surface area contributed by atoms with Crippen molar-refractivity contribution in [2.24, 2.45) is 0 Å². The average Bonchev–Trinajstić information content (AvgIpc) is 2.77. The number of methoxy groups -OCH3 is 3. The van der Waals surface area contributed by atoms with Crippen LogP contribution in [0.1, 0.15) is 20.7 Å². The van der Waals surface area contributed by atoms with E-state index in [9.17, 15) is 14.0 Å². The summed E-state index contributed by atoms with van der Waals surface area (Å²) >= 11 is 0. The molecule has 0 aromatic heterocycles. The third-order valence-corrected chi connectivity index (χ3v) is 4.86. The van der Waals surface area contributed by atoms with Crippen molar-refractivity contribution in [3.63, 3.8) is 0 Å². The van der Waals surface area contributed by atoms with Gasteiger partial charge in [-0.2, -0.15) is 0 Å². The molecule has 0 N–H and O–H groups in total. The van der Waals surface area contributed by atoms with Crippen molar-refractivity contribution in [2.75, 3.05) is 47.5 Å². The Morgan fingerprint density at radius 2 is 1.21 bits per heavy atom. The molecular formula is C21H23FN2O5. The Balaban J connectivity index is 1.70. The lowest BCUT2D eigenvalue weighted by Gasteiger charge is -2.35. The summed E-state index contributed by atoms with van der Waals surface area (Å²) in [5.74, 6) is 0.479. The van der Waals surface area contributed by atoms with Gasteiger partial charge in [-0.1, -0.05) is 0 Å². The van der Waals surface area contributed by atoms with Gasteiger partial charge in [-0.05, 0) is 36.4 Å². The van der Waals surface area contributed by atoms with E-state index in [1.165, 1.54) is 45.6 Å². The quantitative estimate of drug-likeness (QED) is 0.769. The molecule has 2 aromatic rings. The van der Waals surface area contributed by atoms with Gasteiger partial charge in [0.15, 0.2) is 11.5 Å². The second-order valence-electron chi connectivity index (χ2n) is 6.51. The van der Waals surface area contributed by atoms with Crippen LogP contribution in [0, 0.1) is 5.82 Å². The molecule has 1 fully saturated rings. The summed E-state index contributed by atoms with van der Waals surface area (Å²) in [4.78, 5) is 28.8. The minimum absolute atomic E-state index is 0.176. The molecule has 8 heteroatoms. The fraction of sp³-hybridized carbons (Fsp3) is 0.333. The molecule has 0 atom stereocenters. The zero-order chi connectivity index (χ0) is 21.0. The summed E-state index contributed by atoms with van der Waals surface area (Å²) in [6.45, 7) is 1.57. The fourth-order valence-corrected chi connectivity index (χ4v) is 3.27. The molecule has 154 valence electrons. The van der Waals surface area contributed by atoms with Crippen molar-refractivity contribution < 1.29 is 28.2 Å². The number of amides is 2. The molecule has 2 amide bonds. The van der Waals surface area contributed by atoms with Crippen LogP contribution < -0.4 is 14.2 Å². The minimum Gasteiger partial charge on any atom is -0.493 e. The lowest BCUT2D eigenvalue weighted by molar-refractivity contribution is 0.0535. The molecule has 0 aliphatic carbocycles. The van der Waals surface area contributed by atoms with Crippen molar-refractivity contribution in [2.45, 2.75) is 0 Å². The zero-order valence-corrected chi connectivity index (χ0v) is 16.6. The van der Waals surface area contributed by atoms with Gasteiger partial charge in [0.1, 0.15) is 5.82 Å². The number of carbonyl (C=O) groups is 2. The number of hydrogen-bond acceptors (Lipinski definition) is 5. The molecule has 0 radical (unpaired) electrons. The molecule has 3 rings (SSSR count). The topological polar surface area (TPSA) is 68.3 Å². The molecule has 7 nitrogen and oxygen atoms in total. The Bertz CT molecular complexity index is 867. The maximum absolute atomic E-state index is 13.1. The van der Waals surface area contributed by atoms with Gasteiger partial charge in [0.05, 0.1) is 21.3 Å². The van der Waals surface area contributed by atoms with E-state index in [-0.39, 0.29) is 17.6 Å². The van der Waals surface area contributed by atoms with E-state index in [0.29, 0.717) is 54.6 Å². The molecule has 0 bridgehead atoms. The number of halogens is 1. The van der Waals surface area contributed by atoms with E-state index in [4.69, 9.17) is 14.2 Å². The van der Waals surface area contributed by atoms with Gasteiger partial charge < -0.3 is 24.0 Å². The molecule has 0 spiro atoms. The lowest BCUT2D eigenvalue weighted by Crippen LogP contribution is -2.50. The largest absolute Gasteiger partial charge is 0.493 e. The van der Waals surface area contributed by atoms with Crippen LogP contribution in [0.4, 0.5) is 4.39 Å². The van der Waals surface area contributed by atoms with Crippen LogP contribution in [0.2, 0.25) is 0 Å². The van der Waals surface area contributed by atoms with Crippen molar-refractivity contribution in [1.29, 1.82) is 0 Å². The monoisotopic (exact) mass is 402 g/mol. The summed E-state index contributed by atoms with van der Waals surface area (Å²) in [5, 5.41) is 0. The SMILES string of the molecule is COc1cc(C(=O)N2CCN(C(=O)c3ccc(F)cc3)CC2)cc(OC)c1OC. The fourth-order valence-electron chi connectivity index (χ4n) is 3.27. The number of nitrogens with zero attached hydrogens (tertiary/aromatic N) is 2. The van der Waals surface area contributed by atoms with E-state index in [1.807, 2.05) is 0 Å². The highest BCUT2D eigenvalue weighted by Crippen LogP contribution is 2.38. The van der Waals surface area contributed by atoms with Gasteiger partial charge in [-0.3, -0.25) is 9.59 Å². The van der Waals surface area contributed by atoms with E-state index in [1.54, 1.807) is 21.9 Å². The maximum atomic E-state index is 13.1. The van der Waals surface area contributed by atoms with Crippen LogP contribution in [0.15, 0.2) is 36.4 Å². The summed E-state index contributed by atoms with van der Waals surface area (Å²) in [6.07, 6.45) is 0. The molecule has 0 saturated carbocycles. The van der Waals surface area contributed by atoms with Crippen LogP contribution >= 0.6 is 0 Å². The van der Waals surface area contributed by atoms with Gasteiger partial charge in [-0.15, -0.1) is 0 Å². The van der Waals surface area contributed by atoms with E-state index in [2.05, 4.69) is 0 Å². The zero-order valence-electron chi connectivity index (χ0n) is 16.6. The normalized spacial score (nSPS) is 13.8. The number of piperazine rings is 1. The number of benzene rings is 2. The van der Waals surface area contributed by atoms with Crippen molar-refractivity contribution in [3.8, 4) is 17.2 Å². The number of carbonyl (C=O) groups excluding carboxylic acids is 2. The Hall–Kier alpha value is -3.29. The van der Waals surface area contributed by atoms with Crippen LogP contribution in [0.25, 0.3) is 0 Å². The second kappa shape index (κ2) is 8.81. The molecule has 1 aliphatic heterocycles. The minimum atomic E-state index is -0.387. The highest BCUT2D eigenvalue weighted by atomic mass is 19.1. The summed E-state index contributed by atoms with van der Waals surface area (Å²) in [7, 11) is 4.48. The predicted octanol–water partition coefficient (Wildman–Crippen LogP) is 2.45. The Morgan fingerprint density at radius 3 is 1.62 bits per heavy atom. The third kappa shape index (κ3) is 4.26. The van der Waals surface area contributed by atoms with Crippen LogP contribution in [-0.4, -0.2) is 69.1 Å². The Kier molecular flexibility index (Phi) is 6.21. The van der Waals surface area contributed by atoms with E-state index < -0.39 is 0 Å². The lowest BCUT2D eigenvalue weighted by atomic mass is 10.1. The van der Waals surface area contributed by atoms with Gasteiger partial charge in [0.25, 0.3) is 11.8 Å². The van der Waals surface area contributed by atoms with Crippen molar-refractivity contribution >= 4 is 11.8 Å². The highest BCUT2D eigenvalue weighted by Gasteiger charge is 2.27. The first-order valence-corrected chi connectivity index (χ1v) is 9.12. The van der Waals surface area contributed by atoms with Gasteiger partial charge in [-0.25, -0.2) is 4.39 Å². The number of hydrogen-bond donors (Lipinski definition) is 0. The molecule has 1 saturated heterocycles. The molecule has 1 aliphatic rings. The smallest absolute Gasteiger partial charge is 0.254 e. The number of ether oxygens (including phenoxy) is 3. The van der Waals surface area contributed by atoms with Crippen LogP contribution in [0.5, 0.6) is 17.2 Å². The number of rotatable bonds is 5. The van der Waals surface area contributed by atoms with Crippen molar-refractivity contribution in [3.05, 3.63) is 53.3 Å². The first-order valence-electron chi connectivity index (χ1n) is 9.12. The molecule has 29 heavy (non-hydrogen) atoms. The molecular weight excluding hydrogens is 379 g/mol. The van der Waals surface area contributed by atoms with Crippen LogP contribution in [0.3, 0.4) is 0 Å². The molecule has 2 aromatic carbocycles. The van der Waals surface area contributed by atoms with Gasteiger partial charge in [0.2, 0.25) is 5.75 Å². The summed E-state index contributed by atoms with van der Waals surface area (Å²) < 4.78 is 29.0. The first kappa shape index (κ1) is 20.4. The van der Waals surface area contributed by atoms with Crippen LogP contribution in [-0.2, 0) is 0 Å².